The molecule has 0 radical (unpaired) electrons. The summed E-state index contributed by atoms with van der Waals surface area (Å²) < 4.78 is 21.1. The van der Waals surface area contributed by atoms with Crippen LogP contribution in [0.1, 0.15) is 1.43 Å². The Hall–Kier alpha value is -0.610. The summed E-state index contributed by atoms with van der Waals surface area (Å²) in [6.07, 6.45) is 2.67. The fraction of sp³-hybridized carbons (Fsp3) is 0. The van der Waals surface area contributed by atoms with Crippen molar-refractivity contribution >= 4 is 19.7 Å². The summed E-state index contributed by atoms with van der Waals surface area (Å²) in [5.41, 5.74) is 0. The maximum absolute atomic E-state index is 10.6. The quantitative estimate of drug-likeness (QED) is 0.606. The fourth-order valence-electron chi connectivity index (χ4n) is 0.491. The Balaban J connectivity index is 0.000001000. The van der Waals surface area contributed by atoms with Crippen LogP contribution >= 0.6 is 10.7 Å². The first-order valence-corrected chi connectivity index (χ1v) is 4.76. The summed E-state index contributed by atoms with van der Waals surface area (Å²) in [4.78, 5) is 3.61. The number of rotatable bonds is 1. The van der Waals surface area contributed by atoms with Crippen molar-refractivity contribution in [3.63, 3.8) is 0 Å². The summed E-state index contributed by atoms with van der Waals surface area (Å²) in [5, 5.41) is 0. The van der Waals surface area contributed by atoms with Gasteiger partial charge in [0.05, 0.1) is 0 Å². The molecule has 0 spiro atoms. The van der Waals surface area contributed by atoms with Gasteiger partial charge in [0.1, 0.15) is 4.90 Å². The highest BCUT2D eigenvalue weighted by Crippen LogP contribution is 2.11. The molecule has 0 aliphatic carbocycles. The Labute approximate surface area is 64.6 Å². The van der Waals surface area contributed by atoms with Crippen molar-refractivity contribution in [1.82, 2.24) is 4.98 Å². The normalized spacial score (nSPS) is 11.3. The Bertz CT molecular complexity index is 313. The van der Waals surface area contributed by atoms with E-state index in [1.165, 1.54) is 24.5 Å². The lowest BCUT2D eigenvalue weighted by atomic mass is 10.5. The third-order valence-corrected chi connectivity index (χ3v) is 2.26. The van der Waals surface area contributed by atoms with Crippen LogP contribution in [-0.2, 0) is 9.05 Å². The zero-order chi connectivity index (χ0) is 7.61. The molecule has 1 aromatic rings. The first-order valence-electron chi connectivity index (χ1n) is 2.45. The van der Waals surface area contributed by atoms with E-state index in [4.69, 9.17) is 10.7 Å². The maximum atomic E-state index is 10.6. The van der Waals surface area contributed by atoms with Crippen LogP contribution in [0.3, 0.4) is 0 Å². The second-order valence-corrected chi connectivity index (χ2v) is 4.19. The minimum Gasteiger partial charge on any atom is -0.263 e. The molecule has 1 aromatic heterocycles. The fourth-order valence-corrected chi connectivity index (χ4v) is 1.19. The summed E-state index contributed by atoms with van der Waals surface area (Å²) in [5.74, 6) is 0. The van der Waals surface area contributed by atoms with Crippen molar-refractivity contribution in [3.05, 3.63) is 24.5 Å². The van der Waals surface area contributed by atoms with E-state index >= 15 is 0 Å². The lowest BCUT2D eigenvalue weighted by molar-refractivity contribution is 0.609. The van der Waals surface area contributed by atoms with Crippen molar-refractivity contribution in [2.45, 2.75) is 4.90 Å². The van der Waals surface area contributed by atoms with Gasteiger partial charge in [-0.2, -0.15) is 0 Å². The van der Waals surface area contributed by atoms with E-state index in [9.17, 15) is 8.42 Å². The van der Waals surface area contributed by atoms with E-state index in [0.717, 1.165) is 0 Å². The minimum absolute atomic E-state index is 0. The number of hydrogen-bond donors (Lipinski definition) is 0. The van der Waals surface area contributed by atoms with Crippen LogP contribution in [0, 0.1) is 0 Å². The largest absolute Gasteiger partial charge is 1.00 e. The molecule has 3 nitrogen and oxygen atoms in total. The zero-order valence-corrected chi connectivity index (χ0v) is 6.43. The molecule has 0 bridgehead atoms. The second kappa shape index (κ2) is 2.56. The molecule has 0 aliphatic heterocycles. The highest BCUT2D eigenvalue weighted by molar-refractivity contribution is 8.13. The molecule has 0 saturated heterocycles. The first kappa shape index (κ1) is 7.50. The van der Waals surface area contributed by atoms with Crippen LogP contribution in [0.5, 0.6) is 0 Å². The third kappa shape index (κ3) is 1.68. The van der Waals surface area contributed by atoms with Gasteiger partial charge in [0.25, 0.3) is 9.05 Å². The van der Waals surface area contributed by atoms with E-state index < -0.39 is 9.05 Å². The highest BCUT2D eigenvalue weighted by Gasteiger charge is 2.07. The molecule has 0 unspecified atom stereocenters. The van der Waals surface area contributed by atoms with Crippen molar-refractivity contribution in [3.8, 4) is 0 Å². The minimum atomic E-state index is -3.59. The summed E-state index contributed by atoms with van der Waals surface area (Å²) in [6, 6.07) is 2.89. The Morgan fingerprint density at radius 2 is 2.30 bits per heavy atom. The number of aromatic nitrogens is 1. The first-order chi connectivity index (χ1) is 4.61. The topological polar surface area (TPSA) is 47.0 Å². The monoisotopic (exact) mass is 178 g/mol. The van der Waals surface area contributed by atoms with Crippen molar-refractivity contribution < 1.29 is 9.84 Å². The van der Waals surface area contributed by atoms with Gasteiger partial charge in [-0.1, -0.05) is 0 Å². The molecule has 54 valence electrons. The smallest absolute Gasteiger partial charge is 0.263 e. The van der Waals surface area contributed by atoms with Gasteiger partial charge in [-0.25, -0.2) is 8.42 Å². The predicted molar refractivity (Wildman–Crippen MR) is 38.4 cm³/mol. The molecular formula is C5H5ClNO2S+. The van der Waals surface area contributed by atoms with E-state index in [-0.39, 0.29) is 6.32 Å². The molecular weight excluding hydrogens is 174 g/mol. The van der Waals surface area contributed by atoms with Gasteiger partial charge in [-0.3, -0.25) is 4.98 Å². The third-order valence-electron chi connectivity index (χ3n) is 0.916. The van der Waals surface area contributed by atoms with Gasteiger partial charge in [-0.15, -0.1) is 0 Å². The summed E-state index contributed by atoms with van der Waals surface area (Å²) in [7, 11) is 1.40. The average molecular weight is 179 g/mol. The molecule has 5 heteroatoms. The van der Waals surface area contributed by atoms with E-state index in [1.807, 2.05) is 0 Å². The van der Waals surface area contributed by atoms with Gasteiger partial charge in [0.2, 0.25) is 0 Å². The van der Waals surface area contributed by atoms with E-state index in [1.54, 1.807) is 0 Å². The van der Waals surface area contributed by atoms with Gasteiger partial charge in [-0.05, 0) is 12.1 Å². The van der Waals surface area contributed by atoms with Gasteiger partial charge in [0.15, 0.2) is 0 Å². The molecule has 0 fully saturated rings. The Morgan fingerprint density at radius 1 is 1.60 bits per heavy atom. The average Bonchev–Trinajstić information content (AvgIpc) is 1.88. The van der Waals surface area contributed by atoms with Crippen LogP contribution in [0.2, 0.25) is 0 Å². The predicted octanol–water partition coefficient (Wildman–Crippen LogP) is 1.12. The Morgan fingerprint density at radius 3 is 2.60 bits per heavy atom. The molecule has 10 heavy (non-hydrogen) atoms. The van der Waals surface area contributed by atoms with Crippen molar-refractivity contribution in [1.29, 1.82) is 0 Å². The van der Waals surface area contributed by atoms with E-state index in [0.29, 0.717) is 0 Å². The standard InChI is InChI=1S/C5H4ClNO2S/c6-10(8,9)5-2-1-3-7-4-5/h1-4H/p+1. The van der Waals surface area contributed by atoms with Crippen molar-refractivity contribution in [2.24, 2.45) is 0 Å². The van der Waals surface area contributed by atoms with E-state index in [2.05, 4.69) is 4.98 Å². The summed E-state index contributed by atoms with van der Waals surface area (Å²) in [6.45, 7) is 0. The van der Waals surface area contributed by atoms with Crippen molar-refractivity contribution in [2.75, 3.05) is 0 Å². The van der Waals surface area contributed by atoms with Gasteiger partial charge >= 0.3 is 1.43 Å². The lowest BCUT2D eigenvalue weighted by Crippen LogP contribution is -1.89. The number of hydrogen-bond acceptors (Lipinski definition) is 3. The molecule has 0 atom stereocenters. The Kier molecular flexibility index (Phi) is 1.92. The lowest BCUT2D eigenvalue weighted by Gasteiger charge is -1.90. The number of halogens is 1. The van der Waals surface area contributed by atoms with Crippen LogP contribution < -0.4 is 0 Å². The van der Waals surface area contributed by atoms with Crippen LogP contribution in [0.4, 0.5) is 0 Å². The summed E-state index contributed by atoms with van der Waals surface area (Å²) >= 11 is 0. The molecule has 1 heterocycles. The molecule has 0 N–H and O–H groups in total. The zero-order valence-electron chi connectivity index (χ0n) is 5.86. The number of pyridine rings is 1. The highest BCUT2D eigenvalue weighted by atomic mass is 35.7. The van der Waals surface area contributed by atoms with Gasteiger partial charge in [0, 0.05) is 23.1 Å². The molecule has 0 aromatic carbocycles. The van der Waals surface area contributed by atoms with Crippen LogP contribution in [-0.4, -0.2) is 13.4 Å². The molecule has 0 aliphatic rings. The second-order valence-electron chi connectivity index (χ2n) is 1.63. The SMILES string of the molecule is O=S(=O)(Cl)c1cccnc1.[H+]. The molecule has 1 rings (SSSR count). The van der Waals surface area contributed by atoms with Crippen LogP contribution in [0.25, 0.3) is 0 Å². The number of nitrogens with zero attached hydrogens (tertiary/aromatic N) is 1. The maximum Gasteiger partial charge on any atom is 1.00 e. The van der Waals surface area contributed by atoms with Crippen LogP contribution in [0.15, 0.2) is 29.4 Å². The van der Waals surface area contributed by atoms with Gasteiger partial charge < -0.3 is 0 Å². The molecule has 0 amide bonds. The molecule has 0 saturated carbocycles.